The standard InChI is InChI=1S/C13H18ClNO2/c1-8-4-12(16-3)10(5-11(8)14)13(9(2)15)6-17-7-13/h4-5,9H,6-7,15H2,1-3H3. The Balaban J connectivity index is 2.53. The number of aryl methyl sites for hydroxylation is 1. The van der Waals surface area contributed by atoms with Crippen molar-refractivity contribution in [2.75, 3.05) is 20.3 Å². The first kappa shape index (κ1) is 12.7. The Hall–Kier alpha value is -0.770. The number of ether oxygens (including phenoxy) is 2. The number of halogens is 1. The van der Waals surface area contributed by atoms with Crippen LogP contribution in [0.5, 0.6) is 5.75 Å². The van der Waals surface area contributed by atoms with Crippen LogP contribution in [0, 0.1) is 6.92 Å². The number of methoxy groups -OCH3 is 1. The lowest BCUT2D eigenvalue weighted by Gasteiger charge is -2.45. The van der Waals surface area contributed by atoms with Crippen molar-refractivity contribution in [2.45, 2.75) is 25.3 Å². The molecule has 0 bridgehead atoms. The fraction of sp³-hybridized carbons (Fsp3) is 0.538. The molecule has 1 aliphatic heterocycles. The van der Waals surface area contributed by atoms with E-state index in [1.807, 2.05) is 26.0 Å². The van der Waals surface area contributed by atoms with E-state index in [0.29, 0.717) is 13.2 Å². The lowest BCUT2D eigenvalue weighted by molar-refractivity contribution is -0.0710. The van der Waals surface area contributed by atoms with Crippen molar-refractivity contribution in [1.29, 1.82) is 0 Å². The first-order valence-corrected chi connectivity index (χ1v) is 6.07. The van der Waals surface area contributed by atoms with E-state index in [9.17, 15) is 0 Å². The Morgan fingerprint density at radius 2 is 2.12 bits per heavy atom. The van der Waals surface area contributed by atoms with Gasteiger partial charge in [-0.2, -0.15) is 0 Å². The molecule has 0 radical (unpaired) electrons. The van der Waals surface area contributed by atoms with Gasteiger partial charge in [-0.05, 0) is 31.5 Å². The Morgan fingerprint density at radius 3 is 2.53 bits per heavy atom. The molecule has 1 aliphatic rings. The zero-order valence-electron chi connectivity index (χ0n) is 10.4. The minimum Gasteiger partial charge on any atom is -0.496 e. The van der Waals surface area contributed by atoms with Crippen LogP contribution in [-0.4, -0.2) is 26.4 Å². The van der Waals surface area contributed by atoms with E-state index in [0.717, 1.165) is 21.9 Å². The highest BCUT2D eigenvalue weighted by Crippen LogP contribution is 2.42. The number of benzene rings is 1. The molecular formula is C13H18ClNO2. The largest absolute Gasteiger partial charge is 0.496 e. The van der Waals surface area contributed by atoms with Crippen molar-refractivity contribution in [3.63, 3.8) is 0 Å². The quantitative estimate of drug-likeness (QED) is 0.901. The number of nitrogens with two attached hydrogens (primary N) is 1. The van der Waals surface area contributed by atoms with Gasteiger partial charge in [0.05, 0.1) is 25.7 Å². The van der Waals surface area contributed by atoms with Crippen LogP contribution in [0.2, 0.25) is 5.02 Å². The maximum absolute atomic E-state index is 6.20. The first-order valence-electron chi connectivity index (χ1n) is 5.69. The van der Waals surface area contributed by atoms with Gasteiger partial charge >= 0.3 is 0 Å². The average molecular weight is 256 g/mol. The summed E-state index contributed by atoms with van der Waals surface area (Å²) in [6, 6.07) is 3.92. The van der Waals surface area contributed by atoms with Gasteiger partial charge in [-0.3, -0.25) is 0 Å². The summed E-state index contributed by atoms with van der Waals surface area (Å²) in [7, 11) is 1.67. The minimum atomic E-state index is -0.164. The van der Waals surface area contributed by atoms with Crippen molar-refractivity contribution < 1.29 is 9.47 Å². The summed E-state index contributed by atoms with van der Waals surface area (Å²) in [5.74, 6) is 0.840. The zero-order valence-corrected chi connectivity index (χ0v) is 11.2. The van der Waals surface area contributed by atoms with Gasteiger partial charge in [0.15, 0.2) is 0 Å². The van der Waals surface area contributed by atoms with Crippen LogP contribution in [-0.2, 0) is 10.2 Å². The molecule has 17 heavy (non-hydrogen) atoms. The third-order valence-corrected chi connectivity index (χ3v) is 4.02. The molecule has 1 atom stereocenters. The Bertz CT molecular complexity index is 428. The third-order valence-electron chi connectivity index (χ3n) is 3.61. The van der Waals surface area contributed by atoms with Crippen molar-refractivity contribution in [3.05, 3.63) is 28.3 Å². The molecule has 0 aliphatic carbocycles. The SMILES string of the molecule is COc1cc(C)c(Cl)cc1C1(C(C)N)COC1. The highest BCUT2D eigenvalue weighted by atomic mass is 35.5. The number of rotatable bonds is 3. The fourth-order valence-electron chi connectivity index (χ4n) is 2.20. The molecule has 3 nitrogen and oxygen atoms in total. The lowest BCUT2D eigenvalue weighted by Crippen LogP contribution is -2.57. The number of hydrogen-bond acceptors (Lipinski definition) is 3. The maximum atomic E-state index is 6.20. The molecule has 0 saturated carbocycles. The first-order chi connectivity index (χ1) is 8.01. The summed E-state index contributed by atoms with van der Waals surface area (Å²) in [6.07, 6.45) is 0. The Labute approximate surface area is 107 Å². The summed E-state index contributed by atoms with van der Waals surface area (Å²) in [5, 5.41) is 0.743. The minimum absolute atomic E-state index is 0.00363. The summed E-state index contributed by atoms with van der Waals surface area (Å²) in [6.45, 7) is 5.21. The van der Waals surface area contributed by atoms with Crippen molar-refractivity contribution >= 4 is 11.6 Å². The smallest absolute Gasteiger partial charge is 0.123 e. The van der Waals surface area contributed by atoms with Crippen LogP contribution >= 0.6 is 11.6 Å². The molecular weight excluding hydrogens is 238 g/mol. The van der Waals surface area contributed by atoms with Gasteiger partial charge < -0.3 is 15.2 Å². The molecule has 2 N–H and O–H groups in total. The maximum Gasteiger partial charge on any atom is 0.123 e. The summed E-state index contributed by atoms with van der Waals surface area (Å²) in [5.41, 5.74) is 7.99. The van der Waals surface area contributed by atoms with Gasteiger partial charge in [0, 0.05) is 16.6 Å². The molecule has 0 spiro atoms. The van der Waals surface area contributed by atoms with Gasteiger partial charge in [-0.1, -0.05) is 11.6 Å². The van der Waals surface area contributed by atoms with Gasteiger partial charge in [-0.25, -0.2) is 0 Å². The molecule has 2 rings (SSSR count). The fourth-order valence-corrected chi connectivity index (χ4v) is 2.36. The van der Waals surface area contributed by atoms with Crippen molar-refractivity contribution in [3.8, 4) is 5.75 Å². The Morgan fingerprint density at radius 1 is 1.47 bits per heavy atom. The van der Waals surface area contributed by atoms with E-state index in [2.05, 4.69) is 0 Å². The summed E-state index contributed by atoms with van der Waals surface area (Å²) < 4.78 is 10.8. The molecule has 1 aromatic carbocycles. The van der Waals surface area contributed by atoms with E-state index in [-0.39, 0.29) is 11.5 Å². The molecule has 0 aromatic heterocycles. The van der Waals surface area contributed by atoms with E-state index in [1.54, 1.807) is 7.11 Å². The highest BCUT2D eigenvalue weighted by molar-refractivity contribution is 6.31. The monoisotopic (exact) mass is 255 g/mol. The average Bonchev–Trinajstić information content (AvgIpc) is 2.20. The van der Waals surface area contributed by atoms with E-state index in [4.69, 9.17) is 26.8 Å². The van der Waals surface area contributed by atoms with E-state index >= 15 is 0 Å². The van der Waals surface area contributed by atoms with Crippen LogP contribution in [0.3, 0.4) is 0 Å². The molecule has 1 aromatic rings. The third kappa shape index (κ3) is 1.92. The van der Waals surface area contributed by atoms with Gasteiger partial charge in [0.25, 0.3) is 0 Å². The molecule has 1 unspecified atom stereocenters. The van der Waals surface area contributed by atoms with Gasteiger partial charge in [0.1, 0.15) is 5.75 Å². The molecule has 1 heterocycles. The van der Waals surface area contributed by atoms with Crippen LogP contribution in [0.1, 0.15) is 18.1 Å². The van der Waals surface area contributed by atoms with Crippen LogP contribution in [0.4, 0.5) is 0 Å². The Kier molecular flexibility index (Phi) is 3.34. The molecule has 1 saturated heterocycles. The van der Waals surface area contributed by atoms with Crippen LogP contribution in [0.15, 0.2) is 12.1 Å². The second-order valence-corrected chi connectivity index (χ2v) is 5.15. The predicted octanol–water partition coefficient (Wildman–Crippen LogP) is 2.27. The molecule has 0 amide bonds. The van der Waals surface area contributed by atoms with E-state index < -0.39 is 0 Å². The molecule has 4 heteroatoms. The second-order valence-electron chi connectivity index (χ2n) is 4.74. The van der Waals surface area contributed by atoms with Gasteiger partial charge in [-0.15, -0.1) is 0 Å². The number of hydrogen-bond donors (Lipinski definition) is 1. The predicted molar refractivity (Wildman–Crippen MR) is 68.9 cm³/mol. The second kappa shape index (κ2) is 4.48. The van der Waals surface area contributed by atoms with Gasteiger partial charge in [0.2, 0.25) is 0 Å². The normalized spacial score (nSPS) is 19.6. The van der Waals surface area contributed by atoms with Crippen molar-refractivity contribution in [2.24, 2.45) is 5.73 Å². The van der Waals surface area contributed by atoms with Crippen molar-refractivity contribution in [1.82, 2.24) is 0 Å². The zero-order chi connectivity index (χ0) is 12.6. The lowest BCUT2D eigenvalue weighted by atomic mass is 9.73. The molecule has 1 fully saturated rings. The molecule has 94 valence electrons. The summed E-state index contributed by atoms with van der Waals surface area (Å²) in [4.78, 5) is 0. The van der Waals surface area contributed by atoms with Crippen LogP contribution < -0.4 is 10.5 Å². The summed E-state index contributed by atoms with van der Waals surface area (Å²) >= 11 is 6.20. The van der Waals surface area contributed by atoms with E-state index in [1.165, 1.54) is 0 Å². The highest BCUT2D eigenvalue weighted by Gasteiger charge is 2.45. The topological polar surface area (TPSA) is 44.5 Å². The van der Waals surface area contributed by atoms with Crippen LogP contribution in [0.25, 0.3) is 0 Å².